The molecule has 4 heteroatoms. The molecular weight excluding hydrogens is 232 g/mol. The number of hydrogen-bond donors (Lipinski definition) is 2. The fourth-order valence-corrected chi connectivity index (χ4v) is 2.37. The minimum Gasteiger partial charge on any atom is -0.492 e. The maximum absolute atomic E-state index is 11.5. The number of para-hydroxylation sites is 1. The van der Waals surface area contributed by atoms with Gasteiger partial charge in [0.1, 0.15) is 17.8 Å². The van der Waals surface area contributed by atoms with E-state index in [0.717, 1.165) is 11.3 Å². The molecule has 0 radical (unpaired) electrons. The van der Waals surface area contributed by atoms with Gasteiger partial charge in [-0.1, -0.05) is 25.1 Å². The smallest absolute Gasteiger partial charge is 0.313 e. The lowest BCUT2D eigenvalue weighted by Gasteiger charge is -2.35. The van der Waals surface area contributed by atoms with Crippen molar-refractivity contribution in [1.29, 1.82) is 0 Å². The van der Waals surface area contributed by atoms with E-state index >= 15 is 0 Å². The summed E-state index contributed by atoms with van der Waals surface area (Å²) >= 11 is 0. The molecule has 98 valence electrons. The number of carboxylic acid groups (broad SMARTS) is 1. The predicted octanol–water partition coefficient (Wildman–Crippen LogP) is 1.85. The molecule has 2 N–H and O–H groups in total. The number of carbonyl (C=O) groups is 1. The van der Waals surface area contributed by atoms with Crippen molar-refractivity contribution >= 4 is 5.97 Å². The van der Waals surface area contributed by atoms with Crippen molar-refractivity contribution in [1.82, 2.24) is 0 Å². The van der Waals surface area contributed by atoms with Crippen LogP contribution >= 0.6 is 0 Å². The van der Waals surface area contributed by atoms with Crippen molar-refractivity contribution in [2.24, 2.45) is 5.41 Å². The first kappa shape index (κ1) is 12.9. The number of aliphatic carboxylic acids is 1. The molecule has 1 aromatic rings. The summed E-state index contributed by atoms with van der Waals surface area (Å²) in [5, 5.41) is 19.2. The summed E-state index contributed by atoms with van der Waals surface area (Å²) in [6.07, 6.45) is 0.592. The monoisotopic (exact) mass is 250 g/mol. The standard InChI is InChI=1S/C14H18O4/c1-2-11(15)8-14(13(16)17)7-10-5-3-4-6-12(10)18-9-14/h3-6,11,15H,2,7-9H2,1H3,(H,16,17). The van der Waals surface area contributed by atoms with E-state index in [9.17, 15) is 15.0 Å². The molecule has 0 aliphatic carbocycles. The van der Waals surface area contributed by atoms with Crippen LogP contribution in [-0.4, -0.2) is 28.9 Å². The summed E-state index contributed by atoms with van der Waals surface area (Å²) in [6, 6.07) is 7.46. The second-order valence-corrected chi connectivity index (χ2v) is 4.92. The number of fused-ring (bicyclic) bond motifs is 1. The quantitative estimate of drug-likeness (QED) is 0.856. The van der Waals surface area contributed by atoms with Gasteiger partial charge in [-0.15, -0.1) is 0 Å². The zero-order chi connectivity index (χ0) is 13.2. The van der Waals surface area contributed by atoms with E-state index in [1.807, 2.05) is 31.2 Å². The average Bonchev–Trinajstić information content (AvgIpc) is 2.38. The summed E-state index contributed by atoms with van der Waals surface area (Å²) in [5.74, 6) is -0.148. The third-order valence-electron chi connectivity index (χ3n) is 3.56. The zero-order valence-electron chi connectivity index (χ0n) is 10.4. The molecule has 0 fully saturated rings. The third kappa shape index (κ3) is 2.34. The average molecular weight is 250 g/mol. The number of aliphatic hydroxyl groups is 1. The molecule has 1 aromatic carbocycles. The van der Waals surface area contributed by atoms with E-state index in [0.29, 0.717) is 12.8 Å². The molecule has 0 bridgehead atoms. The summed E-state index contributed by atoms with van der Waals surface area (Å²) in [6.45, 7) is 1.97. The Kier molecular flexibility index (Phi) is 3.57. The lowest BCUT2D eigenvalue weighted by atomic mass is 9.76. The van der Waals surface area contributed by atoms with Crippen LogP contribution in [0.1, 0.15) is 25.3 Å². The van der Waals surface area contributed by atoms with Crippen LogP contribution in [-0.2, 0) is 11.2 Å². The highest BCUT2D eigenvalue weighted by Crippen LogP contribution is 2.38. The fraction of sp³-hybridized carbons (Fsp3) is 0.500. The molecule has 0 amide bonds. The van der Waals surface area contributed by atoms with Gasteiger partial charge in [-0.25, -0.2) is 0 Å². The fourth-order valence-electron chi connectivity index (χ4n) is 2.37. The molecule has 18 heavy (non-hydrogen) atoms. The van der Waals surface area contributed by atoms with Gasteiger partial charge in [0.15, 0.2) is 0 Å². The van der Waals surface area contributed by atoms with Gasteiger partial charge in [-0.2, -0.15) is 0 Å². The lowest BCUT2D eigenvalue weighted by molar-refractivity contribution is -0.154. The van der Waals surface area contributed by atoms with E-state index in [1.165, 1.54) is 0 Å². The van der Waals surface area contributed by atoms with Crippen LogP contribution in [0, 0.1) is 5.41 Å². The normalized spacial score (nSPS) is 23.9. The molecule has 1 aliphatic rings. The molecule has 0 aromatic heterocycles. The molecule has 4 nitrogen and oxygen atoms in total. The number of benzene rings is 1. The topological polar surface area (TPSA) is 66.8 Å². The lowest BCUT2D eigenvalue weighted by Crippen LogP contribution is -2.44. The molecular formula is C14H18O4. The molecule has 1 heterocycles. The van der Waals surface area contributed by atoms with Crippen LogP contribution in [0.2, 0.25) is 0 Å². The van der Waals surface area contributed by atoms with Gasteiger partial charge in [0, 0.05) is 0 Å². The molecule has 2 rings (SSSR count). The van der Waals surface area contributed by atoms with Gasteiger partial charge in [0.05, 0.1) is 6.10 Å². The zero-order valence-corrected chi connectivity index (χ0v) is 10.4. The van der Waals surface area contributed by atoms with Crippen molar-refractivity contribution in [2.75, 3.05) is 6.61 Å². The van der Waals surface area contributed by atoms with Gasteiger partial charge in [0.2, 0.25) is 0 Å². The van der Waals surface area contributed by atoms with E-state index in [2.05, 4.69) is 0 Å². The highest BCUT2D eigenvalue weighted by molar-refractivity contribution is 5.76. The summed E-state index contributed by atoms with van der Waals surface area (Å²) in [5.41, 5.74) is -0.112. The predicted molar refractivity (Wildman–Crippen MR) is 66.6 cm³/mol. The van der Waals surface area contributed by atoms with Gasteiger partial charge in [0.25, 0.3) is 0 Å². The third-order valence-corrected chi connectivity index (χ3v) is 3.56. The van der Waals surface area contributed by atoms with Crippen molar-refractivity contribution in [3.05, 3.63) is 29.8 Å². The highest BCUT2D eigenvalue weighted by atomic mass is 16.5. The first-order valence-electron chi connectivity index (χ1n) is 6.19. The maximum atomic E-state index is 11.5. The number of ether oxygens (including phenoxy) is 1. The van der Waals surface area contributed by atoms with Crippen LogP contribution in [0.4, 0.5) is 0 Å². The minimum absolute atomic E-state index is 0.121. The molecule has 0 spiro atoms. The number of carboxylic acids is 1. The molecule has 1 aliphatic heterocycles. The summed E-state index contributed by atoms with van der Waals surface area (Å²) < 4.78 is 5.55. The van der Waals surface area contributed by atoms with Crippen molar-refractivity contribution < 1.29 is 19.7 Å². The van der Waals surface area contributed by atoms with Crippen LogP contribution < -0.4 is 4.74 Å². The SMILES string of the molecule is CCC(O)CC1(C(=O)O)COc2ccccc2C1. The molecule has 2 atom stereocenters. The number of rotatable bonds is 4. The molecule has 2 unspecified atom stereocenters. The van der Waals surface area contributed by atoms with Gasteiger partial charge < -0.3 is 14.9 Å². The molecule has 0 saturated heterocycles. The Labute approximate surface area is 106 Å². The van der Waals surface area contributed by atoms with Crippen LogP contribution in [0.5, 0.6) is 5.75 Å². The van der Waals surface area contributed by atoms with E-state index in [1.54, 1.807) is 0 Å². The van der Waals surface area contributed by atoms with Crippen molar-refractivity contribution in [3.63, 3.8) is 0 Å². The van der Waals surface area contributed by atoms with Crippen LogP contribution in [0.3, 0.4) is 0 Å². The van der Waals surface area contributed by atoms with Crippen LogP contribution in [0.15, 0.2) is 24.3 Å². The molecule has 0 saturated carbocycles. The Morgan fingerprint density at radius 1 is 1.50 bits per heavy atom. The van der Waals surface area contributed by atoms with E-state index < -0.39 is 17.5 Å². The van der Waals surface area contributed by atoms with Gasteiger partial charge >= 0.3 is 5.97 Å². The van der Waals surface area contributed by atoms with Crippen LogP contribution in [0.25, 0.3) is 0 Å². The Hall–Kier alpha value is -1.55. The first-order valence-corrected chi connectivity index (χ1v) is 6.19. The van der Waals surface area contributed by atoms with Gasteiger partial charge in [-0.05, 0) is 30.9 Å². The largest absolute Gasteiger partial charge is 0.492 e. The van der Waals surface area contributed by atoms with Gasteiger partial charge in [-0.3, -0.25) is 4.79 Å². The Morgan fingerprint density at radius 3 is 2.89 bits per heavy atom. The Bertz CT molecular complexity index is 443. The maximum Gasteiger partial charge on any atom is 0.313 e. The summed E-state index contributed by atoms with van der Waals surface area (Å²) in [7, 11) is 0. The van der Waals surface area contributed by atoms with Crippen molar-refractivity contribution in [3.8, 4) is 5.75 Å². The van der Waals surface area contributed by atoms with Crippen molar-refractivity contribution in [2.45, 2.75) is 32.3 Å². The number of aliphatic hydroxyl groups excluding tert-OH is 1. The summed E-state index contributed by atoms with van der Waals surface area (Å²) in [4.78, 5) is 11.5. The van der Waals surface area contributed by atoms with E-state index in [4.69, 9.17) is 4.74 Å². The first-order chi connectivity index (χ1) is 8.57. The number of hydrogen-bond acceptors (Lipinski definition) is 3. The second kappa shape index (κ2) is 4.98. The van der Waals surface area contributed by atoms with E-state index in [-0.39, 0.29) is 13.0 Å². The minimum atomic E-state index is -1.01. The Balaban J connectivity index is 2.27. The highest BCUT2D eigenvalue weighted by Gasteiger charge is 2.44. The Morgan fingerprint density at radius 2 is 2.22 bits per heavy atom. The second-order valence-electron chi connectivity index (χ2n) is 4.92.